The monoisotopic (exact) mass is 401 g/mol. The highest BCUT2D eigenvalue weighted by atomic mass is 32.1. The van der Waals surface area contributed by atoms with Crippen molar-refractivity contribution in [2.45, 2.75) is 38.6 Å². The first-order valence-corrected chi connectivity index (χ1v) is 10.6. The molecule has 0 radical (unpaired) electrons. The van der Waals surface area contributed by atoms with E-state index in [1.807, 2.05) is 29.3 Å². The number of nitrogens with one attached hydrogen (secondary N) is 1. The molecule has 5 nitrogen and oxygen atoms in total. The Labute approximate surface area is 168 Å². The number of rotatable bonds is 2. The van der Waals surface area contributed by atoms with E-state index in [1.165, 1.54) is 17.4 Å². The number of carbonyl (C=O) groups is 2. The number of thiophene rings is 1. The molecule has 7 heteroatoms. The predicted molar refractivity (Wildman–Crippen MR) is 109 cm³/mol. The lowest BCUT2D eigenvalue weighted by Gasteiger charge is -2.39. The van der Waals surface area contributed by atoms with E-state index in [0.717, 1.165) is 29.1 Å². The summed E-state index contributed by atoms with van der Waals surface area (Å²) in [7, 11) is 0. The number of hydrogen-bond donors (Lipinski definition) is 1. The highest BCUT2D eigenvalue weighted by molar-refractivity contribution is 7.14. The van der Waals surface area contributed by atoms with E-state index in [0.29, 0.717) is 25.9 Å². The van der Waals surface area contributed by atoms with Crippen LogP contribution in [-0.2, 0) is 11.2 Å². The Kier molecular flexibility index (Phi) is 5.35. The van der Waals surface area contributed by atoms with Crippen LogP contribution in [0, 0.1) is 11.7 Å². The third-order valence-corrected chi connectivity index (χ3v) is 6.48. The molecule has 3 heterocycles. The highest BCUT2D eigenvalue weighted by Gasteiger charge is 2.35. The van der Waals surface area contributed by atoms with Gasteiger partial charge in [0.05, 0.1) is 5.00 Å². The first kappa shape index (κ1) is 18.9. The van der Waals surface area contributed by atoms with Gasteiger partial charge in [-0.2, -0.15) is 0 Å². The maximum Gasteiger partial charge on any atom is 0.322 e. The molecule has 1 unspecified atom stereocenters. The van der Waals surface area contributed by atoms with E-state index in [4.69, 9.17) is 0 Å². The summed E-state index contributed by atoms with van der Waals surface area (Å²) < 4.78 is 13.6. The lowest BCUT2D eigenvalue weighted by atomic mass is 9.91. The van der Waals surface area contributed by atoms with E-state index in [2.05, 4.69) is 5.32 Å². The average Bonchev–Trinajstić information content (AvgIpc) is 3.21. The maximum absolute atomic E-state index is 13.6. The Bertz CT molecular complexity index is 863. The lowest BCUT2D eigenvalue weighted by molar-refractivity contribution is -0.124. The van der Waals surface area contributed by atoms with Crippen LogP contribution < -0.4 is 10.2 Å². The minimum atomic E-state index is -0.259. The second kappa shape index (κ2) is 7.91. The fraction of sp³-hybridized carbons (Fsp3) is 0.429. The van der Waals surface area contributed by atoms with Gasteiger partial charge in [0.25, 0.3) is 0 Å². The van der Waals surface area contributed by atoms with Gasteiger partial charge in [-0.1, -0.05) is 0 Å². The van der Waals surface area contributed by atoms with Gasteiger partial charge in [0.1, 0.15) is 5.82 Å². The largest absolute Gasteiger partial charge is 0.324 e. The zero-order valence-electron chi connectivity index (χ0n) is 15.9. The Hall–Kier alpha value is -2.41. The summed E-state index contributed by atoms with van der Waals surface area (Å²) in [6.07, 6.45) is 2.93. The van der Waals surface area contributed by atoms with Crippen LogP contribution in [0.5, 0.6) is 0 Å². The average molecular weight is 402 g/mol. The van der Waals surface area contributed by atoms with Crippen molar-refractivity contribution in [3.05, 3.63) is 47.1 Å². The predicted octanol–water partition coefficient (Wildman–Crippen LogP) is 4.50. The smallest absolute Gasteiger partial charge is 0.322 e. The minimum absolute atomic E-state index is 0.0957. The molecule has 0 bridgehead atoms. The van der Waals surface area contributed by atoms with Crippen molar-refractivity contribution >= 4 is 34.0 Å². The molecule has 1 N–H and O–H groups in total. The third-order valence-electron chi connectivity index (χ3n) is 5.69. The Morgan fingerprint density at radius 2 is 1.96 bits per heavy atom. The number of likely N-dealkylation sites (tertiary alicyclic amines) is 1. The topological polar surface area (TPSA) is 52.7 Å². The van der Waals surface area contributed by atoms with Gasteiger partial charge >= 0.3 is 6.03 Å². The Balaban J connectivity index is 1.41. The number of anilines is 2. The fourth-order valence-corrected chi connectivity index (χ4v) is 4.72. The molecule has 1 aromatic carbocycles. The number of halogens is 1. The standard InChI is InChI=1S/C21H24FN3O2S/c1-14-4-5-16-13-17(22)6-7-18(16)25(14)20(26)15-8-10-24(11-9-15)21(27)23-19-3-2-12-28-19/h2-3,6-7,12-15H,4-5,8-11H2,1H3,(H,23,27). The number of piperidine rings is 1. The van der Waals surface area contributed by atoms with Crippen LogP contribution >= 0.6 is 11.3 Å². The minimum Gasteiger partial charge on any atom is -0.324 e. The second-order valence-corrected chi connectivity index (χ2v) is 8.49. The normalized spacial score (nSPS) is 20.0. The molecule has 1 atom stereocenters. The Morgan fingerprint density at radius 1 is 1.18 bits per heavy atom. The molecular weight excluding hydrogens is 377 g/mol. The molecule has 4 rings (SSSR count). The SMILES string of the molecule is CC1CCc2cc(F)ccc2N1C(=O)C1CCN(C(=O)Nc2cccs2)CC1. The van der Waals surface area contributed by atoms with Gasteiger partial charge in [-0.15, -0.1) is 11.3 Å². The van der Waals surface area contributed by atoms with Crippen molar-refractivity contribution in [2.75, 3.05) is 23.3 Å². The van der Waals surface area contributed by atoms with E-state index in [-0.39, 0.29) is 29.7 Å². The van der Waals surface area contributed by atoms with Gasteiger partial charge in [0.2, 0.25) is 5.91 Å². The molecule has 0 aliphatic carbocycles. The zero-order valence-corrected chi connectivity index (χ0v) is 16.7. The summed E-state index contributed by atoms with van der Waals surface area (Å²) in [5, 5.41) is 5.65. The van der Waals surface area contributed by atoms with Crippen LogP contribution in [0.25, 0.3) is 0 Å². The molecule has 2 aliphatic heterocycles. The molecule has 0 saturated carbocycles. The molecule has 2 aliphatic rings. The highest BCUT2D eigenvalue weighted by Crippen LogP contribution is 2.34. The number of aryl methyl sites for hydroxylation is 1. The maximum atomic E-state index is 13.6. The van der Waals surface area contributed by atoms with Crippen molar-refractivity contribution in [1.82, 2.24) is 4.90 Å². The van der Waals surface area contributed by atoms with Crippen molar-refractivity contribution in [2.24, 2.45) is 5.92 Å². The quantitative estimate of drug-likeness (QED) is 0.806. The van der Waals surface area contributed by atoms with Gasteiger partial charge in [-0.3, -0.25) is 10.1 Å². The molecule has 3 amide bonds. The summed E-state index contributed by atoms with van der Waals surface area (Å²) >= 11 is 1.49. The zero-order chi connectivity index (χ0) is 19.7. The van der Waals surface area contributed by atoms with E-state index < -0.39 is 0 Å². The lowest BCUT2D eigenvalue weighted by Crippen LogP contribution is -2.49. The van der Waals surface area contributed by atoms with Crippen molar-refractivity contribution in [1.29, 1.82) is 0 Å². The van der Waals surface area contributed by atoms with Gasteiger partial charge < -0.3 is 9.80 Å². The molecular formula is C21H24FN3O2S. The van der Waals surface area contributed by atoms with Crippen LogP contribution in [0.4, 0.5) is 19.9 Å². The molecule has 1 saturated heterocycles. The number of fused-ring (bicyclic) bond motifs is 1. The number of nitrogens with zero attached hydrogens (tertiary/aromatic N) is 2. The summed E-state index contributed by atoms with van der Waals surface area (Å²) in [5.41, 5.74) is 1.74. The fourth-order valence-electron chi connectivity index (χ4n) is 4.12. The van der Waals surface area contributed by atoms with Crippen molar-refractivity contribution in [3.63, 3.8) is 0 Å². The van der Waals surface area contributed by atoms with Crippen LogP contribution in [0.15, 0.2) is 35.7 Å². The molecule has 1 fully saturated rings. The summed E-state index contributed by atoms with van der Waals surface area (Å²) in [6.45, 7) is 3.17. The van der Waals surface area contributed by atoms with Crippen LogP contribution in [0.3, 0.4) is 0 Å². The molecule has 2 aromatic rings. The summed E-state index contributed by atoms with van der Waals surface area (Å²) in [4.78, 5) is 29.3. The second-order valence-electron chi connectivity index (χ2n) is 7.54. The van der Waals surface area contributed by atoms with Crippen molar-refractivity contribution < 1.29 is 14.0 Å². The van der Waals surface area contributed by atoms with Gasteiger partial charge in [-0.25, -0.2) is 9.18 Å². The van der Waals surface area contributed by atoms with Gasteiger partial charge in [-0.05, 0) is 73.9 Å². The van der Waals surface area contributed by atoms with Gasteiger partial charge in [0, 0.05) is 30.7 Å². The van der Waals surface area contributed by atoms with Crippen LogP contribution in [0.1, 0.15) is 31.7 Å². The van der Waals surface area contributed by atoms with Crippen LogP contribution in [-0.4, -0.2) is 36.0 Å². The number of hydrogen-bond acceptors (Lipinski definition) is 3. The number of carbonyl (C=O) groups excluding carboxylic acids is 2. The first-order valence-electron chi connectivity index (χ1n) is 9.74. The van der Waals surface area contributed by atoms with Gasteiger partial charge in [0.15, 0.2) is 0 Å². The molecule has 28 heavy (non-hydrogen) atoms. The van der Waals surface area contributed by atoms with E-state index >= 15 is 0 Å². The Morgan fingerprint density at radius 3 is 2.68 bits per heavy atom. The van der Waals surface area contributed by atoms with Crippen molar-refractivity contribution in [3.8, 4) is 0 Å². The number of urea groups is 1. The van der Waals surface area contributed by atoms with E-state index in [9.17, 15) is 14.0 Å². The van der Waals surface area contributed by atoms with E-state index in [1.54, 1.807) is 17.0 Å². The molecule has 1 aromatic heterocycles. The first-order chi connectivity index (χ1) is 13.5. The summed E-state index contributed by atoms with van der Waals surface area (Å²) in [5.74, 6) is -0.270. The number of amides is 3. The molecule has 0 spiro atoms. The third kappa shape index (κ3) is 3.76. The van der Waals surface area contributed by atoms with Crippen LogP contribution in [0.2, 0.25) is 0 Å². The molecule has 148 valence electrons. The number of benzene rings is 1. The summed E-state index contributed by atoms with van der Waals surface area (Å²) in [6, 6.07) is 8.45.